The summed E-state index contributed by atoms with van der Waals surface area (Å²) in [6.07, 6.45) is 1.91. The SMILES string of the molecule is Cc1cnn(C(C)(C)C)c1I. The first-order valence-corrected chi connectivity index (χ1v) is 4.71. The van der Waals surface area contributed by atoms with E-state index in [0.717, 1.165) is 0 Å². The van der Waals surface area contributed by atoms with Crippen LogP contribution >= 0.6 is 22.6 Å². The van der Waals surface area contributed by atoms with Gasteiger partial charge in [0.25, 0.3) is 0 Å². The third kappa shape index (κ3) is 1.75. The van der Waals surface area contributed by atoms with E-state index in [2.05, 4.69) is 55.4 Å². The van der Waals surface area contributed by atoms with Gasteiger partial charge in [0.2, 0.25) is 0 Å². The monoisotopic (exact) mass is 264 g/mol. The molecule has 62 valence electrons. The average Bonchev–Trinajstić information content (AvgIpc) is 2.11. The zero-order valence-corrected chi connectivity index (χ0v) is 9.51. The number of rotatable bonds is 0. The van der Waals surface area contributed by atoms with Gasteiger partial charge in [0.05, 0.1) is 11.7 Å². The fourth-order valence-corrected chi connectivity index (χ4v) is 1.87. The molecule has 1 aromatic heterocycles. The summed E-state index contributed by atoms with van der Waals surface area (Å²) in [6.45, 7) is 8.54. The minimum absolute atomic E-state index is 0.102. The molecule has 0 spiro atoms. The van der Waals surface area contributed by atoms with Crippen molar-refractivity contribution in [3.63, 3.8) is 0 Å². The Morgan fingerprint density at radius 2 is 2.00 bits per heavy atom. The van der Waals surface area contributed by atoms with E-state index in [1.165, 1.54) is 9.26 Å². The summed E-state index contributed by atoms with van der Waals surface area (Å²) in [5.41, 5.74) is 1.35. The first-order chi connectivity index (χ1) is 4.93. The lowest BCUT2D eigenvalue weighted by molar-refractivity contribution is 0.347. The topological polar surface area (TPSA) is 17.8 Å². The van der Waals surface area contributed by atoms with Crippen molar-refractivity contribution in [2.75, 3.05) is 0 Å². The van der Waals surface area contributed by atoms with Crippen LogP contribution in [0.1, 0.15) is 26.3 Å². The van der Waals surface area contributed by atoms with Gasteiger partial charge < -0.3 is 0 Å². The van der Waals surface area contributed by atoms with Crippen molar-refractivity contribution in [2.45, 2.75) is 33.2 Å². The van der Waals surface area contributed by atoms with E-state index in [9.17, 15) is 0 Å². The van der Waals surface area contributed by atoms with Crippen LogP contribution in [0.15, 0.2) is 6.20 Å². The van der Waals surface area contributed by atoms with Crippen LogP contribution in [0.5, 0.6) is 0 Å². The molecule has 0 aliphatic heterocycles. The molecule has 0 saturated heterocycles. The summed E-state index contributed by atoms with van der Waals surface area (Å²) in [5.74, 6) is 0. The van der Waals surface area contributed by atoms with Crippen LogP contribution in [0, 0.1) is 10.6 Å². The second-order valence-electron chi connectivity index (χ2n) is 3.70. The maximum absolute atomic E-state index is 4.30. The zero-order chi connectivity index (χ0) is 8.65. The maximum atomic E-state index is 4.30. The Balaban J connectivity index is 3.15. The molecule has 0 bridgehead atoms. The quantitative estimate of drug-likeness (QED) is 0.658. The Morgan fingerprint density at radius 3 is 2.18 bits per heavy atom. The first kappa shape index (κ1) is 9.03. The first-order valence-electron chi connectivity index (χ1n) is 3.63. The Hall–Kier alpha value is -0.0600. The summed E-state index contributed by atoms with van der Waals surface area (Å²) < 4.78 is 3.28. The lowest BCUT2D eigenvalue weighted by Gasteiger charge is -2.20. The van der Waals surface area contributed by atoms with E-state index in [1.54, 1.807) is 0 Å². The highest BCUT2D eigenvalue weighted by molar-refractivity contribution is 14.1. The molecular formula is C8H13IN2. The molecule has 0 saturated carbocycles. The van der Waals surface area contributed by atoms with Crippen LogP contribution in [-0.4, -0.2) is 9.78 Å². The molecule has 0 amide bonds. The standard InChI is InChI=1S/C8H13IN2/c1-6-5-10-11(7(6)9)8(2,3)4/h5H,1-4H3. The molecule has 1 rings (SSSR count). The van der Waals surface area contributed by atoms with Crippen molar-refractivity contribution in [3.05, 3.63) is 15.5 Å². The van der Waals surface area contributed by atoms with Gasteiger partial charge >= 0.3 is 0 Å². The van der Waals surface area contributed by atoms with Crippen molar-refractivity contribution < 1.29 is 0 Å². The Labute approximate surface area is 81.1 Å². The molecule has 0 aliphatic carbocycles. The number of aromatic nitrogens is 2. The van der Waals surface area contributed by atoms with Crippen molar-refractivity contribution in [2.24, 2.45) is 0 Å². The molecule has 1 aromatic rings. The van der Waals surface area contributed by atoms with E-state index in [1.807, 2.05) is 10.9 Å². The van der Waals surface area contributed by atoms with E-state index in [-0.39, 0.29) is 5.54 Å². The van der Waals surface area contributed by atoms with Gasteiger partial charge in [-0.25, -0.2) is 0 Å². The molecule has 0 unspecified atom stereocenters. The van der Waals surface area contributed by atoms with E-state index in [4.69, 9.17) is 0 Å². The minimum Gasteiger partial charge on any atom is -0.254 e. The second kappa shape index (κ2) is 2.77. The van der Waals surface area contributed by atoms with Gasteiger partial charge in [-0.2, -0.15) is 5.10 Å². The van der Waals surface area contributed by atoms with E-state index in [0.29, 0.717) is 0 Å². The molecule has 0 aliphatic rings. The molecule has 2 nitrogen and oxygen atoms in total. The van der Waals surface area contributed by atoms with Crippen molar-refractivity contribution in [3.8, 4) is 0 Å². The molecule has 0 fully saturated rings. The number of nitrogens with zero attached hydrogens (tertiary/aromatic N) is 2. The van der Waals surface area contributed by atoms with Gasteiger partial charge in [0.1, 0.15) is 3.70 Å². The third-order valence-electron chi connectivity index (χ3n) is 1.51. The predicted octanol–water partition coefficient (Wildman–Crippen LogP) is 2.55. The minimum atomic E-state index is 0.102. The zero-order valence-electron chi connectivity index (χ0n) is 7.35. The van der Waals surface area contributed by atoms with Crippen LogP contribution in [-0.2, 0) is 5.54 Å². The smallest absolute Gasteiger partial charge is 0.102 e. The summed E-state index contributed by atoms with van der Waals surface area (Å²) in [4.78, 5) is 0. The van der Waals surface area contributed by atoms with Gasteiger partial charge in [-0.15, -0.1) is 0 Å². The van der Waals surface area contributed by atoms with Crippen LogP contribution in [0.2, 0.25) is 0 Å². The molecule has 0 atom stereocenters. The fraction of sp³-hybridized carbons (Fsp3) is 0.625. The predicted molar refractivity (Wildman–Crippen MR) is 54.7 cm³/mol. The highest BCUT2D eigenvalue weighted by atomic mass is 127. The number of hydrogen-bond acceptors (Lipinski definition) is 1. The third-order valence-corrected chi connectivity index (χ3v) is 2.82. The normalized spacial score (nSPS) is 12.1. The van der Waals surface area contributed by atoms with Crippen molar-refractivity contribution in [1.29, 1.82) is 0 Å². The lowest BCUT2D eigenvalue weighted by atomic mass is 10.1. The van der Waals surface area contributed by atoms with Gasteiger partial charge in [-0.1, -0.05) is 0 Å². The van der Waals surface area contributed by atoms with E-state index < -0.39 is 0 Å². The number of hydrogen-bond donors (Lipinski definition) is 0. The van der Waals surface area contributed by atoms with Crippen LogP contribution in [0.25, 0.3) is 0 Å². The second-order valence-corrected chi connectivity index (χ2v) is 4.72. The average molecular weight is 264 g/mol. The number of aryl methyl sites for hydroxylation is 1. The Morgan fingerprint density at radius 1 is 1.45 bits per heavy atom. The highest BCUT2D eigenvalue weighted by Gasteiger charge is 2.17. The van der Waals surface area contributed by atoms with Gasteiger partial charge in [0.15, 0.2) is 0 Å². The largest absolute Gasteiger partial charge is 0.254 e. The molecule has 0 radical (unpaired) electrons. The van der Waals surface area contributed by atoms with Gasteiger partial charge in [0, 0.05) is 5.56 Å². The van der Waals surface area contributed by atoms with Crippen molar-refractivity contribution >= 4 is 22.6 Å². The van der Waals surface area contributed by atoms with Gasteiger partial charge in [-0.3, -0.25) is 4.68 Å². The summed E-state index contributed by atoms with van der Waals surface area (Å²) in [7, 11) is 0. The Bertz CT molecular complexity index is 258. The van der Waals surface area contributed by atoms with Gasteiger partial charge in [-0.05, 0) is 50.3 Å². The summed E-state index contributed by atoms with van der Waals surface area (Å²) >= 11 is 2.33. The summed E-state index contributed by atoms with van der Waals surface area (Å²) in [5, 5.41) is 4.30. The lowest BCUT2D eigenvalue weighted by Crippen LogP contribution is -2.24. The summed E-state index contributed by atoms with van der Waals surface area (Å²) in [6, 6.07) is 0. The molecular weight excluding hydrogens is 251 g/mol. The maximum Gasteiger partial charge on any atom is 0.102 e. The number of halogens is 1. The molecule has 1 heterocycles. The van der Waals surface area contributed by atoms with Crippen LogP contribution < -0.4 is 0 Å². The molecule has 3 heteroatoms. The van der Waals surface area contributed by atoms with E-state index >= 15 is 0 Å². The van der Waals surface area contributed by atoms with Crippen LogP contribution in [0.4, 0.5) is 0 Å². The molecule has 0 N–H and O–H groups in total. The highest BCUT2D eigenvalue weighted by Crippen LogP contribution is 2.19. The molecule has 0 aromatic carbocycles. The molecule has 11 heavy (non-hydrogen) atoms. The van der Waals surface area contributed by atoms with Crippen LogP contribution in [0.3, 0.4) is 0 Å². The Kier molecular flexibility index (Phi) is 2.27. The fourth-order valence-electron chi connectivity index (χ4n) is 0.883. The van der Waals surface area contributed by atoms with Crippen molar-refractivity contribution in [1.82, 2.24) is 9.78 Å².